The van der Waals surface area contributed by atoms with Crippen molar-refractivity contribution in [1.82, 2.24) is 4.98 Å². The van der Waals surface area contributed by atoms with Gasteiger partial charge >= 0.3 is 0 Å². The van der Waals surface area contributed by atoms with Crippen LogP contribution in [0, 0.1) is 6.92 Å². The van der Waals surface area contributed by atoms with E-state index in [0.717, 1.165) is 16.0 Å². The number of rotatable bonds is 5. The minimum atomic E-state index is -0.190. The Balaban J connectivity index is 1.63. The Morgan fingerprint density at radius 3 is 2.52 bits per heavy atom. The van der Waals surface area contributed by atoms with Crippen molar-refractivity contribution in [3.8, 4) is 0 Å². The SMILES string of the molecule is Cc1ccccc1CNc1ccc(C(=O)Nc2ccccc2Br)cn1. The van der Waals surface area contributed by atoms with Crippen LogP contribution in [-0.2, 0) is 6.54 Å². The van der Waals surface area contributed by atoms with Crippen molar-refractivity contribution in [2.24, 2.45) is 0 Å². The number of nitrogens with zero attached hydrogens (tertiary/aromatic N) is 1. The molecule has 0 fully saturated rings. The summed E-state index contributed by atoms with van der Waals surface area (Å²) in [5, 5.41) is 6.14. The second-order valence-corrected chi connectivity index (χ2v) is 6.50. The van der Waals surface area contributed by atoms with E-state index >= 15 is 0 Å². The first-order chi connectivity index (χ1) is 12.1. The molecule has 25 heavy (non-hydrogen) atoms. The van der Waals surface area contributed by atoms with E-state index in [1.165, 1.54) is 11.1 Å². The van der Waals surface area contributed by atoms with Crippen LogP contribution in [0.4, 0.5) is 11.5 Å². The molecule has 2 N–H and O–H groups in total. The van der Waals surface area contributed by atoms with Crippen LogP contribution >= 0.6 is 15.9 Å². The summed E-state index contributed by atoms with van der Waals surface area (Å²) in [6.45, 7) is 2.78. The molecule has 0 bridgehead atoms. The van der Waals surface area contributed by atoms with Gasteiger partial charge in [0.15, 0.2) is 0 Å². The van der Waals surface area contributed by atoms with Gasteiger partial charge in [-0.1, -0.05) is 36.4 Å². The predicted octanol–water partition coefficient (Wildman–Crippen LogP) is 5.02. The van der Waals surface area contributed by atoms with Gasteiger partial charge in [-0.3, -0.25) is 4.79 Å². The van der Waals surface area contributed by atoms with Crippen LogP contribution in [0.15, 0.2) is 71.3 Å². The molecule has 2 aromatic carbocycles. The zero-order valence-corrected chi connectivity index (χ0v) is 15.4. The summed E-state index contributed by atoms with van der Waals surface area (Å²) in [4.78, 5) is 16.6. The lowest BCUT2D eigenvalue weighted by atomic mass is 10.1. The number of amides is 1. The van der Waals surface area contributed by atoms with Gasteiger partial charge in [0.05, 0.1) is 11.3 Å². The van der Waals surface area contributed by atoms with Crippen molar-refractivity contribution in [1.29, 1.82) is 0 Å². The molecule has 0 atom stereocenters. The third-order valence-electron chi connectivity index (χ3n) is 3.87. The third kappa shape index (κ3) is 4.45. The molecule has 0 unspecified atom stereocenters. The number of nitrogens with one attached hydrogen (secondary N) is 2. The summed E-state index contributed by atoms with van der Waals surface area (Å²) in [7, 11) is 0. The first kappa shape index (κ1) is 17.2. The van der Waals surface area contributed by atoms with Gasteiger partial charge in [-0.15, -0.1) is 0 Å². The van der Waals surface area contributed by atoms with E-state index in [9.17, 15) is 4.79 Å². The molecule has 0 aliphatic rings. The van der Waals surface area contributed by atoms with E-state index in [-0.39, 0.29) is 5.91 Å². The van der Waals surface area contributed by atoms with Crippen molar-refractivity contribution in [2.45, 2.75) is 13.5 Å². The maximum Gasteiger partial charge on any atom is 0.257 e. The van der Waals surface area contributed by atoms with Gasteiger partial charge in [-0.05, 0) is 58.2 Å². The molecule has 3 aromatic rings. The summed E-state index contributed by atoms with van der Waals surface area (Å²) in [6.07, 6.45) is 1.58. The lowest BCUT2D eigenvalue weighted by molar-refractivity contribution is 0.102. The highest BCUT2D eigenvalue weighted by molar-refractivity contribution is 9.10. The molecule has 126 valence electrons. The molecule has 3 rings (SSSR count). The van der Waals surface area contributed by atoms with Gasteiger partial charge in [0, 0.05) is 17.2 Å². The summed E-state index contributed by atoms with van der Waals surface area (Å²) in [5.41, 5.74) is 3.70. The Morgan fingerprint density at radius 1 is 1.04 bits per heavy atom. The maximum absolute atomic E-state index is 12.3. The summed E-state index contributed by atoms with van der Waals surface area (Å²) in [6, 6.07) is 19.3. The highest BCUT2D eigenvalue weighted by Gasteiger charge is 2.08. The number of aryl methyl sites for hydroxylation is 1. The number of benzene rings is 2. The Kier molecular flexibility index (Phi) is 5.46. The number of carbonyl (C=O) groups excluding carboxylic acids is 1. The number of aromatic nitrogens is 1. The second-order valence-electron chi connectivity index (χ2n) is 5.65. The van der Waals surface area contributed by atoms with Gasteiger partial charge in [0.1, 0.15) is 5.82 Å². The molecular weight excluding hydrogens is 378 g/mol. The second kappa shape index (κ2) is 7.94. The van der Waals surface area contributed by atoms with E-state index < -0.39 is 0 Å². The van der Waals surface area contributed by atoms with Gasteiger partial charge in [-0.2, -0.15) is 0 Å². The molecule has 0 aliphatic carbocycles. The van der Waals surface area contributed by atoms with Gasteiger partial charge in [-0.25, -0.2) is 4.98 Å². The van der Waals surface area contributed by atoms with E-state index in [2.05, 4.69) is 50.6 Å². The number of anilines is 2. The van der Waals surface area contributed by atoms with Crippen LogP contribution in [0.3, 0.4) is 0 Å². The Hall–Kier alpha value is -2.66. The Morgan fingerprint density at radius 2 is 1.80 bits per heavy atom. The minimum absolute atomic E-state index is 0.190. The fraction of sp³-hybridized carbons (Fsp3) is 0.100. The third-order valence-corrected chi connectivity index (χ3v) is 4.56. The van der Waals surface area contributed by atoms with Crippen molar-refractivity contribution in [3.05, 3.63) is 88.0 Å². The highest BCUT2D eigenvalue weighted by atomic mass is 79.9. The van der Waals surface area contributed by atoms with E-state index in [0.29, 0.717) is 12.1 Å². The van der Waals surface area contributed by atoms with E-state index in [4.69, 9.17) is 0 Å². The molecule has 0 radical (unpaired) electrons. The zero-order chi connectivity index (χ0) is 17.6. The van der Waals surface area contributed by atoms with E-state index in [1.54, 1.807) is 12.3 Å². The van der Waals surface area contributed by atoms with Crippen LogP contribution in [0.25, 0.3) is 0 Å². The quantitative estimate of drug-likeness (QED) is 0.637. The highest BCUT2D eigenvalue weighted by Crippen LogP contribution is 2.22. The molecular formula is C20H18BrN3O. The number of carbonyl (C=O) groups is 1. The average molecular weight is 396 g/mol. The summed E-state index contributed by atoms with van der Waals surface area (Å²) >= 11 is 3.42. The fourth-order valence-electron chi connectivity index (χ4n) is 2.38. The molecule has 0 saturated carbocycles. The van der Waals surface area contributed by atoms with Crippen LogP contribution in [0.2, 0.25) is 0 Å². The lowest BCUT2D eigenvalue weighted by Gasteiger charge is -2.09. The molecule has 5 heteroatoms. The number of hydrogen-bond donors (Lipinski definition) is 2. The first-order valence-electron chi connectivity index (χ1n) is 7.94. The first-order valence-corrected chi connectivity index (χ1v) is 8.73. The fourth-order valence-corrected chi connectivity index (χ4v) is 2.77. The molecule has 1 amide bonds. The van der Waals surface area contributed by atoms with Gasteiger partial charge < -0.3 is 10.6 Å². The molecule has 1 aromatic heterocycles. The largest absolute Gasteiger partial charge is 0.366 e. The maximum atomic E-state index is 12.3. The number of pyridine rings is 1. The predicted molar refractivity (Wildman–Crippen MR) is 105 cm³/mol. The van der Waals surface area contributed by atoms with Crippen molar-refractivity contribution in [2.75, 3.05) is 10.6 Å². The van der Waals surface area contributed by atoms with Crippen LogP contribution in [0.5, 0.6) is 0 Å². The normalized spacial score (nSPS) is 10.3. The average Bonchev–Trinajstić information content (AvgIpc) is 2.63. The lowest BCUT2D eigenvalue weighted by Crippen LogP contribution is -2.13. The number of hydrogen-bond acceptors (Lipinski definition) is 3. The number of para-hydroxylation sites is 1. The zero-order valence-electron chi connectivity index (χ0n) is 13.8. The molecule has 1 heterocycles. The smallest absolute Gasteiger partial charge is 0.257 e. The summed E-state index contributed by atoms with van der Waals surface area (Å²) < 4.78 is 0.841. The molecule has 0 aliphatic heterocycles. The number of halogens is 1. The van der Waals surface area contributed by atoms with Crippen molar-refractivity contribution >= 4 is 33.3 Å². The monoisotopic (exact) mass is 395 g/mol. The van der Waals surface area contributed by atoms with Crippen molar-refractivity contribution in [3.63, 3.8) is 0 Å². The van der Waals surface area contributed by atoms with Crippen LogP contribution in [-0.4, -0.2) is 10.9 Å². The van der Waals surface area contributed by atoms with E-state index in [1.807, 2.05) is 42.5 Å². The topological polar surface area (TPSA) is 54.0 Å². The Labute approximate surface area is 155 Å². The summed E-state index contributed by atoms with van der Waals surface area (Å²) in [5.74, 6) is 0.547. The Bertz CT molecular complexity index is 878. The standard InChI is InChI=1S/C20H18BrN3O/c1-14-6-2-3-7-15(14)12-22-19-11-10-16(13-23-19)20(25)24-18-9-5-4-8-17(18)21/h2-11,13H,12H2,1H3,(H,22,23)(H,24,25). The van der Waals surface area contributed by atoms with Crippen LogP contribution in [0.1, 0.15) is 21.5 Å². The molecule has 0 saturated heterocycles. The molecule has 4 nitrogen and oxygen atoms in total. The van der Waals surface area contributed by atoms with Crippen LogP contribution < -0.4 is 10.6 Å². The van der Waals surface area contributed by atoms with Gasteiger partial charge in [0.25, 0.3) is 5.91 Å². The molecule has 0 spiro atoms. The van der Waals surface area contributed by atoms with Crippen molar-refractivity contribution < 1.29 is 4.79 Å². The van der Waals surface area contributed by atoms with Gasteiger partial charge in [0.2, 0.25) is 0 Å². The minimum Gasteiger partial charge on any atom is -0.366 e.